The second kappa shape index (κ2) is 7.24. The molecule has 4 saturated carbocycles. The van der Waals surface area contributed by atoms with Crippen molar-refractivity contribution >= 4 is 27.5 Å². The lowest BCUT2D eigenvalue weighted by molar-refractivity contribution is -0.387. The molecule has 1 aromatic carbocycles. The smallest absolute Gasteiger partial charge is 0.289 e. The number of nitrogens with two attached hydrogens (primary N) is 1. The van der Waals surface area contributed by atoms with Gasteiger partial charge in [0.1, 0.15) is 5.54 Å². The Balaban J connectivity index is 1.56. The summed E-state index contributed by atoms with van der Waals surface area (Å²) in [5, 5.41) is 14.3. The van der Waals surface area contributed by atoms with Crippen LogP contribution in [0.25, 0.3) is 0 Å². The number of benzene rings is 1. The molecule has 0 radical (unpaired) electrons. The molecular formula is C21H28N4O6S. The van der Waals surface area contributed by atoms with Gasteiger partial charge in [0.25, 0.3) is 5.69 Å². The summed E-state index contributed by atoms with van der Waals surface area (Å²) in [6, 6.07) is 4.98. The molecule has 1 aromatic rings. The van der Waals surface area contributed by atoms with Crippen LogP contribution in [0.1, 0.15) is 52.4 Å². The maximum Gasteiger partial charge on any atom is 0.289 e. The highest BCUT2D eigenvalue weighted by molar-refractivity contribution is 7.89. The van der Waals surface area contributed by atoms with E-state index in [4.69, 9.17) is 5.73 Å². The molecule has 0 heterocycles. The van der Waals surface area contributed by atoms with Gasteiger partial charge in [0.2, 0.25) is 21.8 Å². The Morgan fingerprint density at radius 2 is 1.75 bits per heavy atom. The van der Waals surface area contributed by atoms with Gasteiger partial charge in [-0.05, 0) is 70.3 Å². The Labute approximate surface area is 186 Å². The topological polar surface area (TPSA) is 162 Å². The van der Waals surface area contributed by atoms with E-state index in [2.05, 4.69) is 10.0 Å². The average Bonchev–Trinajstić information content (AvgIpc) is 2.65. The Morgan fingerprint density at radius 1 is 1.16 bits per heavy atom. The fourth-order valence-electron chi connectivity index (χ4n) is 6.37. The third kappa shape index (κ3) is 3.77. The van der Waals surface area contributed by atoms with Crippen LogP contribution in [0, 0.1) is 27.4 Å². The quantitative estimate of drug-likeness (QED) is 0.410. The number of nitrogens with one attached hydrogen (secondary N) is 2. The van der Waals surface area contributed by atoms with Gasteiger partial charge in [-0.3, -0.25) is 19.7 Å². The zero-order valence-electron chi connectivity index (χ0n) is 18.1. The Bertz CT molecular complexity index is 1090. The van der Waals surface area contributed by atoms with Crippen LogP contribution in [0.15, 0.2) is 29.2 Å². The lowest BCUT2D eigenvalue weighted by Gasteiger charge is -2.61. The molecule has 4 bridgehead atoms. The molecule has 4 fully saturated rings. The van der Waals surface area contributed by atoms with E-state index in [9.17, 15) is 28.1 Å². The van der Waals surface area contributed by atoms with E-state index in [0.717, 1.165) is 44.2 Å². The Kier molecular flexibility index (Phi) is 5.13. The molecule has 4 N–H and O–H groups in total. The zero-order valence-corrected chi connectivity index (χ0v) is 18.9. The van der Waals surface area contributed by atoms with Gasteiger partial charge >= 0.3 is 0 Å². The molecule has 2 amide bonds. The number of nitro benzene ring substituents is 1. The number of carbonyl (C=O) groups excluding carboxylic acids is 2. The number of para-hydroxylation sites is 1. The highest BCUT2D eigenvalue weighted by atomic mass is 32.2. The number of hydrogen-bond donors (Lipinski definition) is 3. The Morgan fingerprint density at radius 3 is 2.31 bits per heavy atom. The second-order valence-electron chi connectivity index (χ2n) is 10.3. The SMILES string of the molecule is CC(C)(NS(=O)(=O)c1ccccc1[N+](=O)[O-])C(=O)NC12CC3CC(C1)CC(C(N)=O)(C3)C2. The summed E-state index contributed by atoms with van der Waals surface area (Å²) in [5.74, 6) is -0.269. The molecule has 2 atom stereocenters. The fourth-order valence-corrected chi connectivity index (χ4v) is 7.92. The van der Waals surface area contributed by atoms with Crippen molar-refractivity contribution in [3.63, 3.8) is 0 Å². The van der Waals surface area contributed by atoms with E-state index in [-0.39, 0.29) is 5.91 Å². The van der Waals surface area contributed by atoms with Crippen LogP contribution in [0.4, 0.5) is 5.69 Å². The number of sulfonamides is 1. The van der Waals surface area contributed by atoms with E-state index < -0.39 is 47.9 Å². The van der Waals surface area contributed by atoms with Gasteiger partial charge in [0.05, 0.1) is 10.3 Å². The molecule has 174 valence electrons. The summed E-state index contributed by atoms with van der Waals surface area (Å²) in [4.78, 5) is 35.5. The molecule has 32 heavy (non-hydrogen) atoms. The van der Waals surface area contributed by atoms with E-state index >= 15 is 0 Å². The minimum Gasteiger partial charge on any atom is -0.369 e. The number of carbonyl (C=O) groups is 2. The molecule has 0 saturated heterocycles. The normalized spacial score (nSPS) is 31.3. The number of amides is 2. The molecule has 4 aliphatic rings. The molecule has 11 heteroatoms. The maximum atomic E-state index is 13.3. The van der Waals surface area contributed by atoms with Crippen molar-refractivity contribution in [2.75, 3.05) is 0 Å². The fraction of sp³-hybridized carbons (Fsp3) is 0.619. The average molecular weight is 465 g/mol. The molecule has 0 aromatic heterocycles. The third-order valence-corrected chi connectivity index (χ3v) is 8.97. The summed E-state index contributed by atoms with van der Waals surface area (Å²) in [5.41, 5.74) is 2.39. The van der Waals surface area contributed by atoms with Crippen molar-refractivity contribution in [3.8, 4) is 0 Å². The molecule has 10 nitrogen and oxygen atoms in total. The van der Waals surface area contributed by atoms with Crippen molar-refractivity contribution in [1.82, 2.24) is 10.0 Å². The molecule has 4 aliphatic carbocycles. The van der Waals surface area contributed by atoms with E-state index in [1.54, 1.807) is 0 Å². The van der Waals surface area contributed by atoms with Crippen molar-refractivity contribution < 1.29 is 22.9 Å². The maximum absolute atomic E-state index is 13.3. The third-order valence-electron chi connectivity index (χ3n) is 7.27. The van der Waals surface area contributed by atoms with Gasteiger partial charge < -0.3 is 11.1 Å². The van der Waals surface area contributed by atoms with E-state index in [1.165, 1.54) is 26.0 Å². The van der Waals surface area contributed by atoms with E-state index in [0.29, 0.717) is 18.3 Å². The molecular weight excluding hydrogens is 436 g/mol. The molecule has 5 rings (SSSR count). The zero-order chi connectivity index (χ0) is 23.5. The molecule has 2 unspecified atom stereocenters. The number of primary amides is 1. The summed E-state index contributed by atoms with van der Waals surface area (Å²) >= 11 is 0. The van der Waals surface area contributed by atoms with Crippen LogP contribution < -0.4 is 15.8 Å². The number of nitrogens with zero attached hydrogens (tertiary/aromatic N) is 1. The lowest BCUT2D eigenvalue weighted by Crippen LogP contribution is -2.68. The summed E-state index contributed by atoms with van der Waals surface area (Å²) in [6.45, 7) is 2.83. The van der Waals surface area contributed by atoms with Crippen molar-refractivity contribution in [1.29, 1.82) is 0 Å². The second-order valence-corrected chi connectivity index (χ2v) is 11.9. The first kappa shape index (κ1) is 22.7. The predicted molar refractivity (Wildman–Crippen MR) is 115 cm³/mol. The monoisotopic (exact) mass is 464 g/mol. The van der Waals surface area contributed by atoms with Crippen LogP contribution in [0.5, 0.6) is 0 Å². The Hall–Kier alpha value is -2.53. The first-order valence-corrected chi connectivity index (χ1v) is 12.2. The number of nitro groups is 1. The summed E-state index contributed by atoms with van der Waals surface area (Å²) < 4.78 is 28.2. The van der Waals surface area contributed by atoms with Crippen molar-refractivity contribution in [2.24, 2.45) is 23.0 Å². The highest BCUT2D eigenvalue weighted by Gasteiger charge is 2.61. The van der Waals surface area contributed by atoms with Crippen molar-refractivity contribution in [2.45, 2.75) is 68.3 Å². The van der Waals surface area contributed by atoms with Gasteiger partial charge in [-0.25, -0.2) is 8.42 Å². The van der Waals surface area contributed by atoms with Crippen molar-refractivity contribution in [3.05, 3.63) is 34.4 Å². The van der Waals surface area contributed by atoms with Gasteiger partial charge in [0, 0.05) is 11.6 Å². The van der Waals surface area contributed by atoms with Gasteiger partial charge in [0.15, 0.2) is 4.90 Å². The van der Waals surface area contributed by atoms with Crippen LogP contribution in [-0.2, 0) is 19.6 Å². The first-order chi connectivity index (χ1) is 14.8. The van der Waals surface area contributed by atoms with Crippen LogP contribution in [0.2, 0.25) is 0 Å². The van der Waals surface area contributed by atoms with Crippen LogP contribution in [-0.4, -0.2) is 36.2 Å². The number of hydrogen-bond acceptors (Lipinski definition) is 6. The predicted octanol–water partition coefficient (Wildman–Crippen LogP) is 1.59. The first-order valence-electron chi connectivity index (χ1n) is 10.7. The molecule has 0 spiro atoms. The van der Waals surface area contributed by atoms with Gasteiger partial charge in [-0.2, -0.15) is 4.72 Å². The van der Waals surface area contributed by atoms with Gasteiger partial charge in [-0.1, -0.05) is 12.1 Å². The van der Waals surface area contributed by atoms with Crippen LogP contribution >= 0.6 is 0 Å². The lowest BCUT2D eigenvalue weighted by atomic mass is 9.46. The van der Waals surface area contributed by atoms with Crippen LogP contribution in [0.3, 0.4) is 0 Å². The minimum atomic E-state index is -4.36. The highest BCUT2D eigenvalue weighted by Crippen LogP contribution is 2.61. The molecule has 0 aliphatic heterocycles. The summed E-state index contributed by atoms with van der Waals surface area (Å²) in [7, 11) is -4.36. The largest absolute Gasteiger partial charge is 0.369 e. The minimum absolute atomic E-state index is 0.302. The number of rotatable bonds is 7. The van der Waals surface area contributed by atoms with Gasteiger partial charge in [-0.15, -0.1) is 0 Å². The summed E-state index contributed by atoms with van der Waals surface area (Å²) in [6.07, 6.45) is 4.42. The standard InChI is InChI=1S/C21H28N4O6S/c1-19(2,24-32(30,31)16-6-4-3-5-15(16)25(28)29)18(27)23-21-10-13-7-14(11-21)9-20(8-13,12-21)17(22)26/h3-6,13-14,24H,7-12H2,1-2H3,(H2,22,26)(H,23,27). The van der Waals surface area contributed by atoms with E-state index in [1.807, 2.05) is 0 Å².